The highest BCUT2D eigenvalue weighted by Crippen LogP contribution is 2.31. The second kappa shape index (κ2) is 7.99. The Morgan fingerprint density at radius 2 is 1.78 bits per heavy atom. The number of benzene rings is 2. The lowest BCUT2D eigenvalue weighted by molar-refractivity contribution is -0.115. The molecule has 0 radical (unpaired) electrons. The van der Waals surface area contributed by atoms with Crippen molar-refractivity contribution in [1.82, 2.24) is 0 Å². The van der Waals surface area contributed by atoms with Crippen molar-refractivity contribution in [3.05, 3.63) is 58.1 Å². The van der Waals surface area contributed by atoms with E-state index in [4.69, 9.17) is 27.9 Å². The lowest BCUT2D eigenvalue weighted by Crippen LogP contribution is -2.12. The molecule has 0 aliphatic heterocycles. The number of amides is 1. The van der Waals surface area contributed by atoms with Crippen molar-refractivity contribution < 1.29 is 14.3 Å². The van der Waals surface area contributed by atoms with E-state index in [1.54, 1.807) is 49.4 Å². The van der Waals surface area contributed by atoms with E-state index < -0.39 is 0 Å². The largest absolute Gasteiger partial charge is 0.484 e. The molecule has 0 unspecified atom stereocenters. The highest BCUT2D eigenvalue weighted by atomic mass is 35.5. The van der Waals surface area contributed by atoms with E-state index in [1.807, 2.05) is 0 Å². The Kier molecular flexibility index (Phi) is 6.02. The molecule has 0 atom stereocenters. The van der Waals surface area contributed by atoms with E-state index in [0.29, 0.717) is 28.4 Å². The number of rotatable bonds is 6. The minimum absolute atomic E-state index is 0.0805. The van der Waals surface area contributed by atoms with E-state index in [2.05, 4.69) is 5.32 Å². The van der Waals surface area contributed by atoms with Gasteiger partial charge in [0.2, 0.25) is 5.91 Å². The van der Waals surface area contributed by atoms with Gasteiger partial charge in [-0.05, 0) is 36.4 Å². The van der Waals surface area contributed by atoms with E-state index in [0.717, 1.165) is 0 Å². The van der Waals surface area contributed by atoms with Crippen LogP contribution in [0, 0.1) is 0 Å². The third kappa shape index (κ3) is 4.71. The fourth-order valence-corrected chi connectivity index (χ4v) is 2.16. The van der Waals surface area contributed by atoms with E-state index >= 15 is 0 Å². The van der Waals surface area contributed by atoms with Crippen molar-refractivity contribution in [2.45, 2.75) is 13.3 Å². The summed E-state index contributed by atoms with van der Waals surface area (Å²) in [7, 11) is 0. The Morgan fingerprint density at radius 1 is 1.09 bits per heavy atom. The summed E-state index contributed by atoms with van der Waals surface area (Å²) in [5.74, 6) is 0.0803. The van der Waals surface area contributed by atoms with Crippen LogP contribution in [0.15, 0.2) is 42.5 Å². The van der Waals surface area contributed by atoms with Gasteiger partial charge in [-0.3, -0.25) is 9.59 Å². The highest BCUT2D eigenvalue weighted by molar-refractivity contribution is 6.42. The Bertz CT molecular complexity index is 714. The standard InChI is InChI=1S/C17H15Cl2NO3/c1-2-16(22)20-12-8-6-11(7-9-12)14(21)10-23-15-5-3-4-13(18)17(15)19/h3-9H,2,10H2,1H3,(H,20,22). The summed E-state index contributed by atoms with van der Waals surface area (Å²) in [6, 6.07) is 11.6. The van der Waals surface area contributed by atoms with Crippen molar-refractivity contribution >= 4 is 40.6 Å². The van der Waals surface area contributed by atoms with Crippen LogP contribution in [-0.2, 0) is 4.79 Å². The molecule has 0 saturated carbocycles. The Hall–Kier alpha value is -2.04. The van der Waals surface area contributed by atoms with Crippen molar-refractivity contribution in [3.8, 4) is 5.75 Å². The lowest BCUT2D eigenvalue weighted by Gasteiger charge is -2.09. The number of ketones is 1. The molecular weight excluding hydrogens is 337 g/mol. The molecule has 0 heterocycles. The number of hydrogen-bond donors (Lipinski definition) is 1. The van der Waals surface area contributed by atoms with Gasteiger partial charge in [-0.2, -0.15) is 0 Å². The Balaban J connectivity index is 1.98. The van der Waals surface area contributed by atoms with Gasteiger partial charge in [-0.25, -0.2) is 0 Å². The van der Waals surface area contributed by atoms with Crippen LogP contribution in [0.1, 0.15) is 23.7 Å². The third-order valence-corrected chi connectivity index (χ3v) is 3.89. The first-order valence-electron chi connectivity index (χ1n) is 7.01. The van der Waals surface area contributed by atoms with Crippen LogP contribution in [0.5, 0.6) is 5.75 Å². The number of Topliss-reactive ketones (excluding diaryl/α,β-unsaturated/α-hetero) is 1. The van der Waals surface area contributed by atoms with Crippen LogP contribution >= 0.6 is 23.2 Å². The first-order chi connectivity index (χ1) is 11.0. The minimum Gasteiger partial charge on any atom is -0.484 e. The van der Waals surface area contributed by atoms with Gasteiger partial charge in [0.25, 0.3) is 0 Å². The molecule has 0 aromatic heterocycles. The van der Waals surface area contributed by atoms with Crippen molar-refractivity contribution in [3.63, 3.8) is 0 Å². The van der Waals surface area contributed by atoms with Crippen LogP contribution in [0.3, 0.4) is 0 Å². The molecule has 0 aliphatic carbocycles. The monoisotopic (exact) mass is 351 g/mol. The molecule has 23 heavy (non-hydrogen) atoms. The minimum atomic E-state index is -0.200. The van der Waals surface area contributed by atoms with Crippen LogP contribution < -0.4 is 10.1 Å². The first kappa shape index (κ1) is 17.3. The normalized spacial score (nSPS) is 10.2. The maximum Gasteiger partial charge on any atom is 0.224 e. The molecule has 120 valence electrons. The molecule has 0 bridgehead atoms. The van der Waals surface area contributed by atoms with Crippen LogP contribution in [0.2, 0.25) is 10.0 Å². The maximum atomic E-state index is 12.1. The van der Waals surface area contributed by atoms with Crippen molar-refractivity contribution in [2.24, 2.45) is 0 Å². The fourth-order valence-electron chi connectivity index (χ4n) is 1.81. The average Bonchev–Trinajstić information content (AvgIpc) is 2.56. The molecular formula is C17H15Cl2NO3. The summed E-state index contributed by atoms with van der Waals surface area (Å²) >= 11 is 11.9. The second-order valence-electron chi connectivity index (χ2n) is 4.74. The third-order valence-electron chi connectivity index (χ3n) is 3.09. The van der Waals surface area contributed by atoms with Crippen LogP contribution in [0.25, 0.3) is 0 Å². The lowest BCUT2D eigenvalue weighted by atomic mass is 10.1. The van der Waals surface area contributed by atoms with E-state index in [9.17, 15) is 9.59 Å². The fraction of sp³-hybridized carbons (Fsp3) is 0.176. The molecule has 6 heteroatoms. The number of ether oxygens (including phenoxy) is 1. The van der Waals surface area contributed by atoms with E-state index in [-0.39, 0.29) is 23.3 Å². The van der Waals surface area contributed by atoms with Crippen LogP contribution in [0.4, 0.5) is 5.69 Å². The highest BCUT2D eigenvalue weighted by Gasteiger charge is 2.10. The number of carbonyl (C=O) groups excluding carboxylic acids is 2. The quantitative estimate of drug-likeness (QED) is 0.773. The zero-order chi connectivity index (χ0) is 16.8. The van der Waals surface area contributed by atoms with Gasteiger partial charge in [0.1, 0.15) is 10.8 Å². The summed E-state index contributed by atoms with van der Waals surface area (Å²) in [5.41, 5.74) is 1.13. The molecule has 0 aliphatic rings. The molecule has 2 rings (SSSR count). The molecule has 1 N–H and O–H groups in total. The second-order valence-corrected chi connectivity index (χ2v) is 5.53. The molecule has 2 aromatic carbocycles. The summed E-state index contributed by atoms with van der Waals surface area (Å²) in [5, 5.41) is 3.36. The summed E-state index contributed by atoms with van der Waals surface area (Å²) < 4.78 is 5.41. The van der Waals surface area contributed by atoms with Gasteiger partial charge >= 0.3 is 0 Å². The molecule has 4 nitrogen and oxygen atoms in total. The number of halogens is 2. The number of hydrogen-bond acceptors (Lipinski definition) is 3. The predicted molar refractivity (Wildman–Crippen MR) is 91.7 cm³/mol. The van der Waals surface area contributed by atoms with Gasteiger partial charge in [-0.15, -0.1) is 0 Å². The first-order valence-corrected chi connectivity index (χ1v) is 7.76. The van der Waals surface area contributed by atoms with Gasteiger partial charge in [0.15, 0.2) is 12.4 Å². The summed E-state index contributed by atoms with van der Waals surface area (Å²) in [6.45, 7) is 1.62. The molecule has 0 fully saturated rings. The molecule has 2 aromatic rings. The molecule has 1 amide bonds. The summed E-state index contributed by atoms with van der Waals surface area (Å²) in [4.78, 5) is 23.4. The zero-order valence-electron chi connectivity index (χ0n) is 12.4. The SMILES string of the molecule is CCC(=O)Nc1ccc(C(=O)COc2cccc(Cl)c2Cl)cc1. The van der Waals surface area contributed by atoms with Crippen molar-refractivity contribution in [2.75, 3.05) is 11.9 Å². The Morgan fingerprint density at radius 3 is 2.43 bits per heavy atom. The topological polar surface area (TPSA) is 55.4 Å². The van der Waals surface area contributed by atoms with Gasteiger partial charge < -0.3 is 10.1 Å². The van der Waals surface area contributed by atoms with Crippen molar-refractivity contribution in [1.29, 1.82) is 0 Å². The summed E-state index contributed by atoms with van der Waals surface area (Å²) in [6.07, 6.45) is 0.398. The number of nitrogens with one attached hydrogen (secondary N) is 1. The van der Waals surface area contributed by atoms with Gasteiger partial charge in [0.05, 0.1) is 5.02 Å². The van der Waals surface area contributed by atoms with Gasteiger partial charge in [0, 0.05) is 17.7 Å². The Labute approximate surface area is 144 Å². The smallest absolute Gasteiger partial charge is 0.224 e. The average molecular weight is 352 g/mol. The molecule has 0 saturated heterocycles. The number of carbonyl (C=O) groups is 2. The van der Waals surface area contributed by atoms with E-state index in [1.165, 1.54) is 0 Å². The maximum absolute atomic E-state index is 12.1. The zero-order valence-corrected chi connectivity index (χ0v) is 13.9. The van der Waals surface area contributed by atoms with Gasteiger partial charge in [-0.1, -0.05) is 36.2 Å². The number of anilines is 1. The predicted octanol–water partition coefficient (Wildman–Crippen LogP) is 4.60. The molecule has 0 spiro atoms. The van der Waals surface area contributed by atoms with Crippen LogP contribution in [-0.4, -0.2) is 18.3 Å².